The van der Waals surface area contributed by atoms with Crippen LogP contribution in [-0.4, -0.2) is 23.8 Å². The van der Waals surface area contributed by atoms with Gasteiger partial charge in [0.1, 0.15) is 0 Å². The number of methoxy groups -OCH3 is 1. The number of nitrogens with zero attached hydrogens (tertiary/aromatic N) is 1. The summed E-state index contributed by atoms with van der Waals surface area (Å²) in [4.78, 5) is 35.3. The number of carbonyl (C=O) groups excluding carboxylic acids is 2. The first-order valence-electron chi connectivity index (χ1n) is 8.68. The molecule has 30 heavy (non-hydrogen) atoms. The van der Waals surface area contributed by atoms with Crippen LogP contribution in [0.15, 0.2) is 66.7 Å². The van der Waals surface area contributed by atoms with Crippen molar-refractivity contribution >= 4 is 40.5 Å². The standard InChI is InChI=1S/C21H16ClN3O5/c1-30-19-10-7-14(11-18(19)25(28)29)21(27)24-17-4-2-3-16(12-17)23-20(26)13-5-8-15(22)9-6-13/h2-12H,1H3,(H,23,26)(H,24,27). The first-order chi connectivity index (χ1) is 14.4. The van der Waals surface area contributed by atoms with E-state index in [0.29, 0.717) is 22.0 Å². The molecule has 0 unspecified atom stereocenters. The number of anilines is 2. The highest BCUT2D eigenvalue weighted by atomic mass is 35.5. The molecule has 0 aliphatic carbocycles. The first kappa shape index (κ1) is 20.8. The highest BCUT2D eigenvalue weighted by Crippen LogP contribution is 2.28. The summed E-state index contributed by atoms with van der Waals surface area (Å²) >= 11 is 5.82. The Hall–Kier alpha value is -3.91. The van der Waals surface area contributed by atoms with Crippen molar-refractivity contribution in [3.05, 3.63) is 93.0 Å². The van der Waals surface area contributed by atoms with Gasteiger partial charge >= 0.3 is 5.69 Å². The van der Waals surface area contributed by atoms with Gasteiger partial charge in [-0.1, -0.05) is 17.7 Å². The van der Waals surface area contributed by atoms with Crippen LogP contribution in [-0.2, 0) is 0 Å². The molecular weight excluding hydrogens is 410 g/mol. The lowest BCUT2D eigenvalue weighted by atomic mass is 10.1. The van der Waals surface area contributed by atoms with E-state index < -0.39 is 10.8 Å². The van der Waals surface area contributed by atoms with Crippen molar-refractivity contribution in [2.45, 2.75) is 0 Å². The van der Waals surface area contributed by atoms with Crippen LogP contribution in [0, 0.1) is 10.1 Å². The number of hydrogen-bond acceptors (Lipinski definition) is 5. The molecule has 2 N–H and O–H groups in total. The predicted octanol–water partition coefficient (Wildman–Crippen LogP) is 4.76. The molecule has 3 aromatic rings. The highest BCUT2D eigenvalue weighted by molar-refractivity contribution is 6.30. The van der Waals surface area contributed by atoms with E-state index in [1.807, 2.05) is 0 Å². The summed E-state index contributed by atoms with van der Waals surface area (Å²) < 4.78 is 4.93. The number of hydrogen-bond donors (Lipinski definition) is 2. The molecule has 152 valence electrons. The number of carbonyl (C=O) groups is 2. The zero-order valence-electron chi connectivity index (χ0n) is 15.7. The van der Waals surface area contributed by atoms with Crippen LogP contribution in [0.3, 0.4) is 0 Å². The van der Waals surface area contributed by atoms with Gasteiger partial charge in [-0.25, -0.2) is 0 Å². The van der Waals surface area contributed by atoms with E-state index in [-0.39, 0.29) is 22.9 Å². The SMILES string of the molecule is COc1ccc(C(=O)Nc2cccc(NC(=O)c3ccc(Cl)cc3)c2)cc1[N+](=O)[O-]. The van der Waals surface area contributed by atoms with E-state index in [4.69, 9.17) is 16.3 Å². The van der Waals surface area contributed by atoms with E-state index in [9.17, 15) is 19.7 Å². The molecule has 0 saturated heterocycles. The Balaban J connectivity index is 1.74. The Morgan fingerprint density at radius 1 is 0.900 bits per heavy atom. The molecule has 0 spiro atoms. The molecule has 0 atom stereocenters. The molecule has 0 radical (unpaired) electrons. The minimum Gasteiger partial charge on any atom is -0.490 e. The summed E-state index contributed by atoms with van der Waals surface area (Å²) in [6.45, 7) is 0. The van der Waals surface area contributed by atoms with Gasteiger partial charge in [0.05, 0.1) is 12.0 Å². The topological polar surface area (TPSA) is 111 Å². The van der Waals surface area contributed by atoms with Crippen molar-refractivity contribution in [1.29, 1.82) is 0 Å². The maximum Gasteiger partial charge on any atom is 0.311 e. The molecule has 0 aromatic heterocycles. The Labute approximate surface area is 176 Å². The van der Waals surface area contributed by atoms with Crippen molar-refractivity contribution in [3.8, 4) is 5.75 Å². The molecule has 3 aromatic carbocycles. The Morgan fingerprint density at radius 3 is 2.03 bits per heavy atom. The molecular formula is C21H16ClN3O5. The molecule has 3 rings (SSSR count). The third-order valence-electron chi connectivity index (χ3n) is 4.12. The number of nitro benzene ring substituents is 1. The van der Waals surface area contributed by atoms with Crippen LogP contribution in [0.5, 0.6) is 5.75 Å². The predicted molar refractivity (Wildman–Crippen MR) is 113 cm³/mol. The molecule has 0 bridgehead atoms. The van der Waals surface area contributed by atoms with Gasteiger partial charge in [0, 0.05) is 33.6 Å². The van der Waals surface area contributed by atoms with Gasteiger partial charge in [0.15, 0.2) is 5.75 Å². The minimum atomic E-state index is -0.622. The average Bonchev–Trinajstić information content (AvgIpc) is 2.73. The number of nitro groups is 1. The number of halogens is 1. The largest absolute Gasteiger partial charge is 0.490 e. The van der Waals surface area contributed by atoms with E-state index in [0.717, 1.165) is 6.07 Å². The molecule has 8 nitrogen and oxygen atoms in total. The normalized spacial score (nSPS) is 10.2. The average molecular weight is 426 g/mol. The van der Waals surface area contributed by atoms with Crippen LogP contribution in [0.2, 0.25) is 5.02 Å². The summed E-state index contributed by atoms with van der Waals surface area (Å²) in [5.41, 5.74) is 1.09. The zero-order valence-corrected chi connectivity index (χ0v) is 16.5. The fraction of sp³-hybridized carbons (Fsp3) is 0.0476. The van der Waals surface area contributed by atoms with Gasteiger partial charge in [-0.3, -0.25) is 19.7 Å². The van der Waals surface area contributed by atoms with E-state index >= 15 is 0 Å². The fourth-order valence-corrected chi connectivity index (χ4v) is 2.78. The van der Waals surface area contributed by atoms with Gasteiger partial charge in [-0.15, -0.1) is 0 Å². The molecule has 0 fully saturated rings. The second-order valence-corrected chi connectivity index (χ2v) is 6.58. The van der Waals surface area contributed by atoms with Crippen LogP contribution in [0.4, 0.5) is 17.1 Å². The second kappa shape index (κ2) is 9.06. The fourth-order valence-electron chi connectivity index (χ4n) is 2.66. The summed E-state index contributed by atoms with van der Waals surface area (Å²) in [7, 11) is 1.31. The maximum absolute atomic E-state index is 12.5. The van der Waals surface area contributed by atoms with Crippen molar-refractivity contribution in [3.63, 3.8) is 0 Å². The minimum absolute atomic E-state index is 0.0588. The Kier molecular flexibility index (Phi) is 6.29. The zero-order chi connectivity index (χ0) is 21.7. The van der Waals surface area contributed by atoms with Crippen LogP contribution >= 0.6 is 11.6 Å². The molecule has 2 amide bonds. The van der Waals surface area contributed by atoms with Crippen molar-refractivity contribution in [2.24, 2.45) is 0 Å². The summed E-state index contributed by atoms with van der Waals surface area (Å²) in [6, 6.07) is 16.9. The quantitative estimate of drug-likeness (QED) is 0.437. The third kappa shape index (κ3) is 4.92. The number of benzene rings is 3. The summed E-state index contributed by atoms with van der Waals surface area (Å²) in [6.07, 6.45) is 0. The number of rotatable bonds is 6. The highest BCUT2D eigenvalue weighted by Gasteiger charge is 2.18. The summed E-state index contributed by atoms with van der Waals surface area (Å²) in [5.74, 6) is -0.814. The maximum atomic E-state index is 12.5. The van der Waals surface area contributed by atoms with Gasteiger partial charge in [0.25, 0.3) is 11.8 Å². The van der Waals surface area contributed by atoms with Crippen LogP contribution < -0.4 is 15.4 Å². The van der Waals surface area contributed by atoms with Crippen molar-refractivity contribution in [2.75, 3.05) is 17.7 Å². The first-order valence-corrected chi connectivity index (χ1v) is 9.06. The lowest BCUT2D eigenvalue weighted by Crippen LogP contribution is -2.14. The van der Waals surface area contributed by atoms with Gasteiger partial charge < -0.3 is 15.4 Å². The van der Waals surface area contributed by atoms with Gasteiger partial charge in [0.2, 0.25) is 0 Å². The molecule has 0 aliphatic heterocycles. The monoisotopic (exact) mass is 425 g/mol. The van der Waals surface area contributed by atoms with E-state index in [1.165, 1.54) is 19.2 Å². The Bertz CT molecular complexity index is 1120. The molecule has 0 aliphatic rings. The molecule has 0 saturated carbocycles. The number of amides is 2. The summed E-state index contributed by atoms with van der Waals surface area (Å²) in [5, 5.41) is 17.0. The number of nitrogens with one attached hydrogen (secondary N) is 2. The van der Waals surface area contributed by atoms with Crippen LogP contribution in [0.1, 0.15) is 20.7 Å². The molecule has 9 heteroatoms. The van der Waals surface area contributed by atoms with E-state index in [2.05, 4.69) is 10.6 Å². The lowest BCUT2D eigenvalue weighted by molar-refractivity contribution is -0.385. The van der Waals surface area contributed by atoms with Gasteiger partial charge in [-0.05, 0) is 54.6 Å². The Morgan fingerprint density at radius 2 is 1.47 bits per heavy atom. The van der Waals surface area contributed by atoms with Crippen molar-refractivity contribution in [1.82, 2.24) is 0 Å². The van der Waals surface area contributed by atoms with E-state index in [1.54, 1.807) is 48.5 Å². The van der Waals surface area contributed by atoms with Gasteiger partial charge in [-0.2, -0.15) is 0 Å². The van der Waals surface area contributed by atoms with Crippen molar-refractivity contribution < 1.29 is 19.2 Å². The second-order valence-electron chi connectivity index (χ2n) is 6.14. The van der Waals surface area contributed by atoms with Crippen LogP contribution in [0.25, 0.3) is 0 Å². The third-order valence-corrected chi connectivity index (χ3v) is 4.37. The molecule has 0 heterocycles. The smallest absolute Gasteiger partial charge is 0.311 e. The number of ether oxygens (including phenoxy) is 1. The lowest BCUT2D eigenvalue weighted by Gasteiger charge is -2.10.